The molecule has 8 heteroatoms. The van der Waals surface area contributed by atoms with Crippen molar-refractivity contribution >= 4 is 46.1 Å². The Hall–Kier alpha value is -4.13. The normalized spacial score (nSPS) is 11.9. The van der Waals surface area contributed by atoms with Gasteiger partial charge in [-0.15, -0.1) is 0 Å². The number of imidazole rings is 1. The standard InChI is InChI=1S/C29H21Cl2N3O3/c1-16(17-5-4-6-19(30)13-17)32-28(35)18-9-11-21(24(14-18)29(36)37)23-15-20(31)10-12-22(23)27-33-25-7-2-3-8-26(25)34-27/h2-16H,1H3,(H,32,35)(H,33,34)(H,36,37). The van der Waals surface area contributed by atoms with Crippen LogP contribution < -0.4 is 5.32 Å². The number of H-pyrrole nitrogens is 1. The van der Waals surface area contributed by atoms with Gasteiger partial charge in [0.25, 0.3) is 5.91 Å². The number of carboxylic acid groups (broad SMARTS) is 1. The topological polar surface area (TPSA) is 95.1 Å². The van der Waals surface area contributed by atoms with Gasteiger partial charge < -0.3 is 15.4 Å². The van der Waals surface area contributed by atoms with Crippen LogP contribution in [0.1, 0.15) is 39.2 Å². The molecular formula is C29H21Cl2N3O3. The summed E-state index contributed by atoms with van der Waals surface area (Å²) in [5, 5.41) is 14.0. The first-order valence-corrected chi connectivity index (χ1v) is 12.2. The third-order valence-electron chi connectivity index (χ3n) is 6.12. The second kappa shape index (κ2) is 10.1. The summed E-state index contributed by atoms with van der Waals surface area (Å²) in [4.78, 5) is 33.3. The first-order chi connectivity index (χ1) is 17.8. The van der Waals surface area contributed by atoms with Gasteiger partial charge in [0.2, 0.25) is 0 Å². The number of benzene rings is 4. The maximum atomic E-state index is 13.0. The number of aromatic amines is 1. The number of nitrogens with one attached hydrogen (secondary N) is 2. The molecule has 5 aromatic rings. The van der Waals surface area contributed by atoms with E-state index in [1.165, 1.54) is 6.07 Å². The van der Waals surface area contributed by atoms with Crippen LogP contribution in [0.2, 0.25) is 10.0 Å². The highest BCUT2D eigenvalue weighted by molar-refractivity contribution is 6.31. The molecule has 0 saturated carbocycles. The van der Waals surface area contributed by atoms with Crippen LogP contribution in [0.5, 0.6) is 0 Å². The molecule has 1 aromatic heterocycles. The van der Waals surface area contributed by atoms with Crippen LogP contribution in [-0.2, 0) is 0 Å². The molecule has 1 unspecified atom stereocenters. The zero-order valence-electron chi connectivity index (χ0n) is 19.6. The predicted octanol–water partition coefficient (Wildman–Crippen LogP) is 7.39. The minimum atomic E-state index is -1.16. The van der Waals surface area contributed by atoms with E-state index in [-0.39, 0.29) is 17.2 Å². The number of carbonyl (C=O) groups excluding carboxylic acids is 1. The van der Waals surface area contributed by atoms with Crippen LogP contribution in [0, 0.1) is 0 Å². The maximum Gasteiger partial charge on any atom is 0.336 e. The molecule has 0 saturated heterocycles. The number of aromatic carboxylic acids is 1. The fourth-order valence-electron chi connectivity index (χ4n) is 4.26. The highest BCUT2D eigenvalue weighted by Gasteiger charge is 2.21. The number of amides is 1. The van der Waals surface area contributed by atoms with Crippen molar-refractivity contribution < 1.29 is 14.7 Å². The maximum absolute atomic E-state index is 13.0. The quantitative estimate of drug-likeness (QED) is 0.213. The minimum Gasteiger partial charge on any atom is -0.478 e. The zero-order chi connectivity index (χ0) is 26.1. The van der Waals surface area contributed by atoms with Gasteiger partial charge in [-0.25, -0.2) is 9.78 Å². The molecule has 0 radical (unpaired) electrons. The highest BCUT2D eigenvalue weighted by Crippen LogP contribution is 2.36. The number of carboxylic acids is 1. The number of nitrogens with zero attached hydrogens (tertiary/aromatic N) is 1. The van der Waals surface area contributed by atoms with Crippen LogP contribution in [0.3, 0.4) is 0 Å². The number of fused-ring (bicyclic) bond motifs is 1. The Kier molecular flexibility index (Phi) is 6.70. The molecule has 3 N–H and O–H groups in total. The van der Waals surface area contributed by atoms with E-state index < -0.39 is 11.9 Å². The average Bonchev–Trinajstić information content (AvgIpc) is 3.32. The fourth-order valence-corrected chi connectivity index (χ4v) is 4.63. The first kappa shape index (κ1) is 24.6. The molecule has 0 aliphatic heterocycles. The van der Waals surface area contributed by atoms with Crippen molar-refractivity contribution in [2.24, 2.45) is 0 Å². The first-order valence-electron chi connectivity index (χ1n) is 11.5. The van der Waals surface area contributed by atoms with E-state index in [9.17, 15) is 14.7 Å². The van der Waals surface area contributed by atoms with Crippen molar-refractivity contribution in [3.8, 4) is 22.5 Å². The molecule has 4 aromatic carbocycles. The van der Waals surface area contributed by atoms with Gasteiger partial charge in [0.15, 0.2) is 0 Å². The molecule has 1 atom stereocenters. The second-order valence-electron chi connectivity index (χ2n) is 8.61. The molecule has 0 aliphatic rings. The van der Waals surface area contributed by atoms with E-state index in [4.69, 9.17) is 23.2 Å². The molecule has 5 rings (SSSR count). The lowest BCUT2D eigenvalue weighted by Crippen LogP contribution is -2.26. The van der Waals surface area contributed by atoms with Gasteiger partial charge in [-0.05, 0) is 78.2 Å². The Bertz CT molecular complexity index is 1630. The van der Waals surface area contributed by atoms with Crippen molar-refractivity contribution in [3.05, 3.63) is 112 Å². The van der Waals surface area contributed by atoms with Gasteiger partial charge in [-0.2, -0.15) is 0 Å². The van der Waals surface area contributed by atoms with Crippen LogP contribution in [-0.4, -0.2) is 27.0 Å². The summed E-state index contributed by atoms with van der Waals surface area (Å²) in [6.07, 6.45) is 0. The summed E-state index contributed by atoms with van der Waals surface area (Å²) < 4.78 is 0. The van der Waals surface area contributed by atoms with Gasteiger partial charge in [-0.1, -0.05) is 53.5 Å². The lowest BCUT2D eigenvalue weighted by molar-refractivity contribution is 0.0697. The van der Waals surface area contributed by atoms with Crippen molar-refractivity contribution in [2.75, 3.05) is 0 Å². The van der Waals surface area contributed by atoms with Crippen molar-refractivity contribution in [1.82, 2.24) is 15.3 Å². The molecular weight excluding hydrogens is 509 g/mol. The lowest BCUT2D eigenvalue weighted by atomic mass is 9.93. The minimum absolute atomic E-state index is 0.0253. The van der Waals surface area contributed by atoms with E-state index in [0.29, 0.717) is 32.6 Å². The van der Waals surface area contributed by atoms with Crippen molar-refractivity contribution in [1.29, 1.82) is 0 Å². The van der Waals surface area contributed by atoms with E-state index in [1.807, 2.05) is 43.3 Å². The third kappa shape index (κ3) is 5.07. The summed E-state index contributed by atoms with van der Waals surface area (Å²) >= 11 is 12.4. The number of hydrogen-bond acceptors (Lipinski definition) is 3. The van der Waals surface area contributed by atoms with Crippen LogP contribution in [0.15, 0.2) is 84.9 Å². The van der Waals surface area contributed by atoms with E-state index in [2.05, 4.69) is 15.3 Å². The van der Waals surface area contributed by atoms with Crippen molar-refractivity contribution in [3.63, 3.8) is 0 Å². The largest absolute Gasteiger partial charge is 0.478 e. The number of rotatable bonds is 6. The summed E-state index contributed by atoms with van der Waals surface area (Å²) in [7, 11) is 0. The van der Waals surface area contributed by atoms with Crippen LogP contribution >= 0.6 is 23.2 Å². The van der Waals surface area contributed by atoms with E-state index >= 15 is 0 Å². The van der Waals surface area contributed by atoms with Crippen molar-refractivity contribution in [2.45, 2.75) is 13.0 Å². The van der Waals surface area contributed by atoms with Gasteiger partial charge >= 0.3 is 5.97 Å². The Labute approximate surface area is 222 Å². The Morgan fingerprint density at radius 1 is 0.865 bits per heavy atom. The number of carbonyl (C=O) groups is 2. The molecule has 0 fully saturated rings. The number of aromatic nitrogens is 2. The van der Waals surface area contributed by atoms with Gasteiger partial charge in [0, 0.05) is 21.2 Å². The monoisotopic (exact) mass is 529 g/mol. The zero-order valence-corrected chi connectivity index (χ0v) is 21.1. The molecule has 1 amide bonds. The van der Waals surface area contributed by atoms with E-state index in [1.54, 1.807) is 42.5 Å². The summed E-state index contributed by atoms with van der Waals surface area (Å²) in [6, 6.07) is 24.3. The fraction of sp³-hybridized carbons (Fsp3) is 0.0690. The molecule has 0 aliphatic carbocycles. The molecule has 184 valence electrons. The summed E-state index contributed by atoms with van der Waals surface area (Å²) in [5.74, 6) is -0.977. The SMILES string of the molecule is CC(NC(=O)c1ccc(-c2cc(Cl)ccc2-c2nc3ccccc3[nH]2)c(C(=O)O)c1)c1cccc(Cl)c1. The third-order valence-corrected chi connectivity index (χ3v) is 6.59. The number of halogens is 2. The molecule has 37 heavy (non-hydrogen) atoms. The van der Waals surface area contributed by atoms with Gasteiger partial charge in [0.1, 0.15) is 5.82 Å². The second-order valence-corrected chi connectivity index (χ2v) is 9.48. The van der Waals surface area contributed by atoms with Crippen LogP contribution in [0.25, 0.3) is 33.5 Å². The predicted molar refractivity (Wildman–Crippen MR) is 146 cm³/mol. The molecule has 0 bridgehead atoms. The highest BCUT2D eigenvalue weighted by atomic mass is 35.5. The Morgan fingerprint density at radius 3 is 2.38 bits per heavy atom. The number of para-hydroxylation sites is 2. The average molecular weight is 530 g/mol. The number of hydrogen-bond donors (Lipinski definition) is 3. The molecule has 0 spiro atoms. The van der Waals surface area contributed by atoms with Gasteiger partial charge in [-0.3, -0.25) is 4.79 Å². The lowest BCUT2D eigenvalue weighted by Gasteiger charge is -2.16. The van der Waals surface area contributed by atoms with Gasteiger partial charge in [0.05, 0.1) is 22.6 Å². The molecule has 6 nitrogen and oxygen atoms in total. The molecule has 1 heterocycles. The summed E-state index contributed by atoms with van der Waals surface area (Å²) in [5.41, 5.74) is 4.38. The van der Waals surface area contributed by atoms with Crippen LogP contribution in [0.4, 0.5) is 0 Å². The smallest absolute Gasteiger partial charge is 0.336 e. The van der Waals surface area contributed by atoms with E-state index in [0.717, 1.165) is 16.6 Å². The summed E-state index contributed by atoms with van der Waals surface area (Å²) in [6.45, 7) is 1.83. The Morgan fingerprint density at radius 2 is 1.62 bits per heavy atom. The Balaban J connectivity index is 1.53.